The maximum atomic E-state index is 13.8. The Bertz CT molecular complexity index is 1300. The van der Waals surface area contributed by atoms with Crippen LogP contribution in [0.4, 0.5) is 10.1 Å². The summed E-state index contributed by atoms with van der Waals surface area (Å²) in [6, 6.07) is 18.9. The van der Waals surface area contributed by atoms with Gasteiger partial charge in [-0.3, -0.25) is 4.79 Å². The molecule has 1 fully saturated rings. The molecule has 2 N–H and O–H groups in total. The molecule has 0 bridgehead atoms. The number of aliphatic hydroxyl groups is 1. The first-order valence-electron chi connectivity index (χ1n) is 11.3. The molecule has 0 radical (unpaired) electrons. The first-order chi connectivity index (χ1) is 16.6. The summed E-state index contributed by atoms with van der Waals surface area (Å²) in [5, 5.41) is 13.4. The van der Waals surface area contributed by atoms with Crippen LogP contribution in [0.5, 0.6) is 5.75 Å². The number of nitrogens with one attached hydrogen (secondary N) is 1. The van der Waals surface area contributed by atoms with Crippen molar-refractivity contribution in [3.63, 3.8) is 0 Å². The highest BCUT2D eigenvalue weighted by Gasteiger charge is 2.45. The summed E-state index contributed by atoms with van der Waals surface area (Å²) >= 11 is 0. The van der Waals surface area contributed by atoms with E-state index in [-0.39, 0.29) is 30.5 Å². The SMILES string of the molecule is COc1ccccc1C#Cc1ccc2c(c1)[C@@H]1[C@@H](CCN1C(=O)c1cccc(F)c1)[C@H](CO)N2. The molecule has 3 atom stereocenters. The maximum Gasteiger partial charge on any atom is 0.254 e. The van der Waals surface area contributed by atoms with Crippen molar-refractivity contribution in [1.29, 1.82) is 0 Å². The number of methoxy groups -OCH3 is 1. The van der Waals surface area contributed by atoms with Gasteiger partial charge in [-0.25, -0.2) is 4.39 Å². The molecular weight excluding hydrogens is 431 g/mol. The second-order valence-corrected chi connectivity index (χ2v) is 8.59. The quantitative estimate of drug-likeness (QED) is 0.580. The summed E-state index contributed by atoms with van der Waals surface area (Å²) in [5.74, 6) is 6.51. The zero-order valence-electron chi connectivity index (χ0n) is 18.8. The van der Waals surface area contributed by atoms with Crippen molar-refractivity contribution in [2.45, 2.75) is 18.5 Å². The minimum Gasteiger partial charge on any atom is -0.495 e. The van der Waals surface area contributed by atoms with E-state index in [0.717, 1.165) is 28.8 Å². The van der Waals surface area contributed by atoms with Crippen LogP contribution in [0.3, 0.4) is 0 Å². The number of ether oxygens (including phenoxy) is 1. The molecule has 2 aliphatic rings. The van der Waals surface area contributed by atoms with Crippen molar-refractivity contribution in [2.24, 2.45) is 5.92 Å². The second kappa shape index (κ2) is 9.20. The maximum absolute atomic E-state index is 13.8. The number of amides is 1. The van der Waals surface area contributed by atoms with Crippen molar-refractivity contribution in [2.75, 3.05) is 25.6 Å². The molecule has 34 heavy (non-hydrogen) atoms. The molecule has 0 spiro atoms. The summed E-state index contributed by atoms with van der Waals surface area (Å²) in [6.07, 6.45) is 0.751. The molecule has 6 heteroatoms. The fourth-order valence-electron chi connectivity index (χ4n) is 5.04. The minimum atomic E-state index is -0.436. The zero-order valence-corrected chi connectivity index (χ0v) is 18.8. The lowest BCUT2D eigenvalue weighted by Crippen LogP contribution is -2.42. The number of halogens is 1. The van der Waals surface area contributed by atoms with E-state index in [9.17, 15) is 14.3 Å². The van der Waals surface area contributed by atoms with Gasteiger partial charge in [-0.2, -0.15) is 0 Å². The number of anilines is 1. The Morgan fingerprint density at radius 3 is 2.79 bits per heavy atom. The molecule has 0 aromatic heterocycles. The van der Waals surface area contributed by atoms with Gasteiger partial charge >= 0.3 is 0 Å². The first kappa shape index (κ1) is 22.0. The van der Waals surface area contributed by atoms with Gasteiger partial charge in [-0.1, -0.05) is 30.0 Å². The van der Waals surface area contributed by atoms with E-state index in [1.54, 1.807) is 24.1 Å². The second-order valence-electron chi connectivity index (χ2n) is 8.59. The first-order valence-corrected chi connectivity index (χ1v) is 11.3. The molecule has 1 saturated heterocycles. The van der Waals surface area contributed by atoms with Gasteiger partial charge in [0.15, 0.2) is 0 Å². The monoisotopic (exact) mass is 456 g/mol. The molecular formula is C28H25FN2O3. The number of fused-ring (bicyclic) bond motifs is 3. The molecule has 0 aliphatic carbocycles. The minimum absolute atomic E-state index is 0.0298. The van der Waals surface area contributed by atoms with E-state index >= 15 is 0 Å². The van der Waals surface area contributed by atoms with E-state index < -0.39 is 5.82 Å². The number of benzene rings is 3. The van der Waals surface area contributed by atoms with Crippen LogP contribution < -0.4 is 10.1 Å². The number of carbonyl (C=O) groups excluding carboxylic acids is 1. The summed E-state index contributed by atoms with van der Waals surface area (Å²) < 4.78 is 19.2. The summed E-state index contributed by atoms with van der Waals surface area (Å²) in [6.45, 7) is 0.511. The number of rotatable bonds is 3. The van der Waals surface area contributed by atoms with Crippen LogP contribution in [0, 0.1) is 23.6 Å². The number of carbonyl (C=O) groups is 1. The van der Waals surface area contributed by atoms with Gasteiger partial charge in [0.25, 0.3) is 5.91 Å². The normalized spacial score (nSPS) is 20.4. The van der Waals surface area contributed by atoms with E-state index in [0.29, 0.717) is 17.9 Å². The molecule has 1 amide bonds. The van der Waals surface area contributed by atoms with E-state index in [1.165, 1.54) is 12.1 Å². The Morgan fingerprint density at radius 2 is 2.00 bits per heavy atom. The number of para-hydroxylation sites is 1. The smallest absolute Gasteiger partial charge is 0.254 e. The van der Waals surface area contributed by atoms with Crippen LogP contribution in [0.1, 0.15) is 39.5 Å². The lowest BCUT2D eigenvalue weighted by atomic mass is 9.82. The van der Waals surface area contributed by atoms with Gasteiger partial charge in [0.2, 0.25) is 0 Å². The van der Waals surface area contributed by atoms with E-state index in [1.807, 2.05) is 42.5 Å². The number of likely N-dealkylation sites (tertiary alicyclic amines) is 1. The van der Waals surface area contributed by atoms with Gasteiger partial charge in [0.1, 0.15) is 11.6 Å². The fourth-order valence-corrected chi connectivity index (χ4v) is 5.04. The predicted octanol–water partition coefficient (Wildman–Crippen LogP) is 4.22. The molecule has 5 nitrogen and oxygen atoms in total. The Hall–Kier alpha value is -3.82. The topological polar surface area (TPSA) is 61.8 Å². The highest BCUT2D eigenvalue weighted by Crippen LogP contribution is 2.47. The van der Waals surface area contributed by atoms with Crippen molar-refractivity contribution < 1.29 is 19.0 Å². The average Bonchev–Trinajstić information content (AvgIpc) is 3.32. The van der Waals surface area contributed by atoms with Crippen LogP contribution in [0.15, 0.2) is 66.7 Å². The van der Waals surface area contributed by atoms with Gasteiger partial charge in [-0.15, -0.1) is 0 Å². The van der Waals surface area contributed by atoms with Crippen LogP contribution in [-0.2, 0) is 0 Å². The van der Waals surface area contributed by atoms with Crippen LogP contribution in [0.25, 0.3) is 0 Å². The molecule has 5 rings (SSSR count). The van der Waals surface area contributed by atoms with Gasteiger partial charge in [0.05, 0.1) is 31.4 Å². The third-order valence-electron chi connectivity index (χ3n) is 6.65. The highest BCUT2D eigenvalue weighted by molar-refractivity contribution is 5.95. The van der Waals surface area contributed by atoms with E-state index in [4.69, 9.17) is 4.74 Å². The van der Waals surface area contributed by atoms with Crippen LogP contribution in [0.2, 0.25) is 0 Å². The molecule has 3 aromatic carbocycles. The summed E-state index contributed by atoms with van der Waals surface area (Å²) in [5.41, 5.74) is 3.78. The Labute approximate surface area is 198 Å². The van der Waals surface area contributed by atoms with Gasteiger partial charge < -0.3 is 20.1 Å². The fraction of sp³-hybridized carbons (Fsp3) is 0.250. The largest absolute Gasteiger partial charge is 0.495 e. The van der Waals surface area contributed by atoms with Crippen LogP contribution >= 0.6 is 0 Å². The lowest BCUT2D eigenvalue weighted by Gasteiger charge is -2.39. The number of hydrogen-bond acceptors (Lipinski definition) is 4. The van der Waals surface area contributed by atoms with Crippen molar-refractivity contribution in [1.82, 2.24) is 4.90 Å². The zero-order chi connectivity index (χ0) is 23.7. The molecule has 2 heterocycles. The number of hydrogen-bond donors (Lipinski definition) is 2. The van der Waals surface area contributed by atoms with Gasteiger partial charge in [0, 0.05) is 29.3 Å². The van der Waals surface area contributed by atoms with E-state index in [2.05, 4.69) is 17.2 Å². The molecule has 0 unspecified atom stereocenters. The van der Waals surface area contributed by atoms with Crippen molar-refractivity contribution >= 4 is 11.6 Å². The molecule has 3 aromatic rings. The van der Waals surface area contributed by atoms with Crippen LogP contribution in [-0.4, -0.2) is 42.2 Å². The summed E-state index contributed by atoms with van der Waals surface area (Å²) in [4.78, 5) is 15.2. The summed E-state index contributed by atoms with van der Waals surface area (Å²) in [7, 11) is 1.62. The third kappa shape index (κ3) is 4.00. The molecule has 2 aliphatic heterocycles. The predicted molar refractivity (Wildman–Crippen MR) is 128 cm³/mol. The van der Waals surface area contributed by atoms with Crippen molar-refractivity contribution in [3.05, 3.63) is 94.8 Å². The Balaban J connectivity index is 1.52. The number of nitrogens with zero attached hydrogens (tertiary/aromatic N) is 1. The lowest BCUT2D eigenvalue weighted by molar-refractivity contribution is 0.0700. The molecule has 0 saturated carbocycles. The highest BCUT2D eigenvalue weighted by atomic mass is 19.1. The standard InChI is InChI=1S/C28H25FN2O3/c1-34-26-8-3-2-5-19(26)11-9-18-10-12-24-23(15-18)27-22(25(17-32)30-24)13-14-31(27)28(33)20-6-4-7-21(29)16-20/h2-8,10,12,15-16,22,25,27,30,32H,13-14,17H2,1H3/t22-,25-,27-/m0/s1. The van der Waals surface area contributed by atoms with Gasteiger partial charge in [-0.05, 0) is 60.5 Å². The third-order valence-corrected chi connectivity index (χ3v) is 6.65. The molecule has 172 valence electrons. The Morgan fingerprint density at radius 1 is 1.15 bits per heavy atom. The average molecular weight is 457 g/mol. The Kier molecular flexibility index (Phi) is 5.95. The number of aliphatic hydroxyl groups excluding tert-OH is 1. The van der Waals surface area contributed by atoms with Crippen molar-refractivity contribution in [3.8, 4) is 17.6 Å².